The Morgan fingerprint density at radius 2 is 2.00 bits per heavy atom. The van der Waals surface area contributed by atoms with Gasteiger partial charge >= 0.3 is 5.69 Å². The van der Waals surface area contributed by atoms with Crippen molar-refractivity contribution in [1.82, 2.24) is 24.0 Å². The van der Waals surface area contributed by atoms with Crippen molar-refractivity contribution in [1.29, 1.82) is 0 Å². The summed E-state index contributed by atoms with van der Waals surface area (Å²) in [4.78, 5) is 35.8. The summed E-state index contributed by atoms with van der Waals surface area (Å²) in [6.45, 7) is 0.309. The minimum Gasteiger partial charge on any atom is -0.494 e. The Kier molecular flexibility index (Phi) is 5.95. The molecule has 34 heavy (non-hydrogen) atoms. The number of thioether (sulfide) groups is 1. The predicted octanol–water partition coefficient (Wildman–Crippen LogP) is 3.06. The van der Waals surface area contributed by atoms with E-state index in [2.05, 4.69) is 21.8 Å². The maximum Gasteiger partial charge on any atom is 0.333 e. The Bertz CT molecular complexity index is 1470. The molecule has 0 atom stereocenters. The fraction of sp³-hybridized carbons (Fsp3) is 0.391. The van der Waals surface area contributed by atoms with E-state index in [4.69, 9.17) is 17.0 Å². The highest BCUT2D eigenvalue weighted by atomic mass is 32.2. The molecule has 0 saturated heterocycles. The molecule has 1 N–H and O–H groups in total. The molecule has 2 aliphatic carbocycles. The third kappa shape index (κ3) is 4.35. The Hall–Kier alpha value is -3.10. The third-order valence-corrected chi connectivity index (χ3v) is 7.28. The standard InChI is InChI=1S/C23H22FN5O3S2/c1-27(23(33)34-15-9-10-17(32-2)16(24)12-15)11-3-4-18-25-19-20(26-18)28(13-5-6-13)22(31)29(21(19)30)14-7-8-14/h9-10,12-14H,5-8,11H2,1-2H3,(H,25,26). The van der Waals surface area contributed by atoms with Gasteiger partial charge in [-0.2, -0.15) is 0 Å². The third-order valence-electron chi connectivity index (χ3n) is 5.74. The lowest BCUT2D eigenvalue weighted by molar-refractivity contribution is 0.385. The monoisotopic (exact) mass is 499 g/mol. The zero-order valence-electron chi connectivity index (χ0n) is 18.6. The number of rotatable bonds is 5. The van der Waals surface area contributed by atoms with Crippen LogP contribution >= 0.6 is 24.0 Å². The van der Waals surface area contributed by atoms with Crippen LogP contribution in [0.2, 0.25) is 0 Å². The van der Waals surface area contributed by atoms with Crippen molar-refractivity contribution in [3.05, 3.63) is 50.7 Å². The van der Waals surface area contributed by atoms with Crippen molar-refractivity contribution in [2.75, 3.05) is 20.7 Å². The van der Waals surface area contributed by atoms with E-state index in [-0.39, 0.29) is 29.1 Å². The molecule has 8 nitrogen and oxygen atoms in total. The molecule has 1 aromatic carbocycles. The number of H-pyrrole nitrogens is 1. The van der Waals surface area contributed by atoms with Crippen LogP contribution in [0, 0.1) is 17.7 Å². The van der Waals surface area contributed by atoms with Crippen LogP contribution < -0.4 is 16.0 Å². The van der Waals surface area contributed by atoms with Gasteiger partial charge in [0.25, 0.3) is 5.56 Å². The van der Waals surface area contributed by atoms with Gasteiger partial charge in [-0.3, -0.25) is 13.9 Å². The lowest BCUT2D eigenvalue weighted by atomic mass is 10.3. The molecule has 2 heterocycles. The number of fused-ring (bicyclic) bond motifs is 1. The smallest absolute Gasteiger partial charge is 0.333 e. The first kappa shape index (κ1) is 22.7. The second-order valence-corrected chi connectivity index (χ2v) is 10.1. The van der Waals surface area contributed by atoms with Crippen LogP contribution in [0.25, 0.3) is 11.2 Å². The molecule has 0 spiro atoms. The van der Waals surface area contributed by atoms with E-state index in [0.717, 1.165) is 25.7 Å². The number of aromatic amines is 1. The van der Waals surface area contributed by atoms with E-state index in [9.17, 15) is 14.0 Å². The van der Waals surface area contributed by atoms with Crippen LogP contribution in [0.5, 0.6) is 5.75 Å². The number of nitrogens with zero attached hydrogens (tertiary/aromatic N) is 4. The summed E-state index contributed by atoms with van der Waals surface area (Å²) in [6, 6.07) is 4.74. The highest BCUT2D eigenvalue weighted by Gasteiger charge is 2.34. The lowest BCUT2D eigenvalue weighted by Gasteiger charge is -2.16. The highest BCUT2D eigenvalue weighted by Crippen LogP contribution is 2.36. The normalized spacial score (nSPS) is 15.1. The average molecular weight is 500 g/mol. The van der Waals surface area contributed by atoms with Gasteiger partial charge in [0.2, 0.25) is 0 Å². The van der Waals surface area contributed by atoms with Crippen LogP contribution in [-0.4, -0.2) is 49.0 Å². The van der Waals surface area contributed by atoms with Gasteiger partial charge in [-0.05, 0) is 49.8 Å². The van der Waals surface area contributed by atoms with E-state index >= 15 is 0 Å². The van der Waals surface area contributed by atoms with Gasteiger partial charge in [0.1, 0.15) is 4.32 Å². The molecule has 3 aromatic rings. The van der Waals surface area contributed by atoms with Crippen molar-refractivity contribution < 1.29 is 9.13 Å². The molecular formula is C23H22FN5O3S2. The van der Waals surface area contributed by atoms with Crippen molar-refractivity contribution in [3.63, 3.8) is 0 Å². The van der Waals surface area contributed by atoms with E-state index in [1.165, 1.54) is 29.5 Å². The van der Waals surface area contributed by atoms with E-state index in [0.29, 0.717) is 32.7 Å². The van der Waals surface area contributed by atoms with Gasteiger partial charge in [0.05, 0.1) is 13.7 Å². The van der Waals surface area contributed by atoms with E-state index in [1.807, 2.05) is 0 Å². The first-order chi connectivity index (χ1) is 16.4. The molecule has 0 aliphatic heterocycles. The first-order valence-corrected chi connectivity index (χ1v) is 12.1. The average Bonchev–Trinajstić information content (AvgIpc) is 3.73. The highest BCUT2D eigenvalue weighted by molar-refractivity contribution is 8.22. The van der Waals surface area contributed by atoms with Crippen molar-refractivity contribution in [2.45, 2.75) is 42.7 Å². The van der Waals surface area contributed by atoms with Crippen LogP contribution in [0.4, 0.5) is 4.39 Å². The molecule has 2 fully saturated rings. The number of hydrogen-bond acceptors (Lipinski definition) is 6. The molecule has 0 amide bonds. The number of imidazole rings is 1. The topological polar surface area (TPSA) is 85.2 Å². The van der Waals surface area contributed by atoms with Crippen molar-refractivity contribution in [3.8, 4) is 17.6 Å². The van der Waals surface area contributed by atoms with Crippen LogP contribution in [0.1, 0.15) is 43.6 Å². The summed E-state index contributed by atoms with van der Waals surface area (Å²) in [5.74, 6) is 5.99. The SMILES string of the molecule is COc1ccc(SC(=S)N(C)CC#Cc2nc3c([nH]2)c(=O)n(C2CC2)c(=O)n3C2CC2)cc1F. The van der Waals surface area contributed by atoms with Gasteiger partial charge in [-0.1, -0.05) is 29.9 Å². The number of halogens is 1. The Balaban J connectivity index is 1.33. The van der Waals surface area contributed by atoms with Crippen LogP contribution in [-0.2, 0) is 0 Å². The maximum absolute atomic E-state index is 13.9. The summed E-state index contributed by atoms with van der Waals surface area (Å²) >= 11 is 6.69. The summed E-state index contributed by atoms with van der Waals surface area (Å²) in [7, 11) is 3.21. The predicted molar refractivity (Wildman–Crippen MR) is 132 cm³/mol. The molecule has 0 radical (unpaired) electrons. The number of methoxy groups -OCH3 is 1. The number of nitrogens with one attached hydrogen (secondary N) is 1. The summed E-state index contributed by atoms with van der Waals surface area (Å²) in [5.41, 5.74) is 0.0929. The molecule has 176 valence electrons. The number of hydrogen-bond donors (Lipinski definition) is 1. The number of thiocarbonyl (C=S) groups is 1. The first-order valence-electron chi connectivity index (χ1n) is 10.9. The second-order valence-electron chi connectivity index (χ2n) is 8.40. The van der Waals surface area contributed by atoms with Gasteiger partial charge in [0, 0.05) is 24.0 Å². The number of aromatic nitrogens is 4. The van der Waals surface area contributed by atoms with Crippen molar-refractivity contribution in [2.24, 2.45) is 0 Å². The molecule has 11 heteroatoms. The van der Waals surface area contributed by atoms with Gasteiger partial charge < -0.3 is 14.6 Å². The lowest BCUT2D eigenvalue weighted by Crippen LogP contribution is -2.39. The zero-order chi connectivity index (χ0) is 24.0. The van der Waals surface area contributed by atoms with Crippen molar-refractivity contribution >= 4 is 39.5 Å². The van der Waals surface area contributed by atoms with Gasteiger partial charge in [0.15, 0.2) is 28.6 Å². The molecule has 2 aliphatic rings. The van der Waals surface area contributed by atoms with E-state index in [1.54, 1.807) is 28.6 Å². The van der Waals surface area contributed by atoms with Gasteiger partial charge in [-0.25, -0.2) is 14.2 Å². The van der Waals surface area contributed by atoms with Crippen LogP contribution in [0.15, 0.2) is 32.7 Å². The number of benzene rings is 1. The fourth-order valence-electron chi connectivity index (χ4n) is 3.67. The number of ether oxygens (including phenoxy) is 1. The summed E-state index contributed by atoms with van der Waals surface area (Å²) in [5, 5.41) is 0. The van der Waals surface area contributed by atoms with Crippen LogP contribution in [0.3, 0.4) is 0 Å². The molecule has 5 rings (SSSR count). The van der Waals surface area contributed by atoms with E-state index < -0.39 is 5.82 Å². The molecule has 2 saturated carbocycles. The zero-order valence-corrected chi connectivity index (χ0v) is 20.3. The Morgan fingerprint density at radius 3 is 2.65 bits per heavy atom. The van der Waals surface area contributed by atoms with Gasteiger partial charge in [-0.15, -0.1) is 0 Å². The molecule has 0 unspecified atom stereocenters. The minimum atomic E-state index is -0.451. The molecule has 0 bridgehead atoms. The minimum absolute atomic E-state index is 0.0152. The largest absolute Gasteiger partial charge is 0.494 e. The summed E-state index contributed by atoms with van der Waals surface area (Å²) in [6.07, 6.45) is 3.51. The Morgan fingerprint density at radius 1 is 1.29 bits per heavy atom. The maximum atomic E-state index is 13.9. The fourth-order valence-corrected chi connectivity index (χ4v) is 4.75. The Labute approximate surface area is 204 Å². The second kappa shape index (κ2) is 8.92. The molecular weight excluding hydrogens is 477 g/mol. The summed E-state index contributed by atoms with van der Waals surface area (Å²) < 4.78 is 22.4. The molecule has 2 aromatic heterocycles. The quantitative estimate of drug-likeness (QED) is 0.328.